The molecule has 1 aliphatic carbocycles. The summed E-state index contributed by atoms with van der Waals surface area (Å²) in [4.78, 5) is 25.9. The number of carbonyl (C=O) groups excluding carboxylic acids is 2. The molecule has 0 spiro atoms. The van der Waals surface area contributed by atoms with Crippen molar-refractivity contribution >= 4 is 17.5 Å². The van der Waals surface area contributed by atoms with E-state index in [4.69, 9.17) is 5.73 Å². The predicted octanol–water partition coefficient (Wildman–Crippen LogP) is 0.0169. The van der Waals surface area contributed by atoms with Gasteiger partial charge in [0.15, 0.2) is 0 Å². The van der Waals surface area contributed by atoms with E-state index in [9.17, 15) is 9.59 Å². The van der Waals surface area contributed by atoms with Crippen LogP contribution in [-0.2, 0) is 16.1 Å². The molecule has 2 rings (SSSR count). The lowest BCUT2D eigenvalue weighted by Crippen LogP contribution is -2.33. The van der Waals surface area contributed by atoms with Gasteiger partial charge in [-0.3, -0.25) is 14.3 Å². The summed E-state index contributed by atoms with van der Waals surface area (Å²) in [5.41, 5.74) is 6.60. The number of anilines is 1. The Bertz CT molecular complexity index is 557. The average molecular weight is 336 g/mol. The van der Waals surface area contributed by atoms with E-state index in [0.717, 1.165) is 25.8 Å². The topological polar surface area (TPSA) is 105 Å². The monoisotopic (exact) mass is 336 g/mol. The fourth-order valence-electron chi connectivity index (χ4n) is 2.91. The maximum Gasteiger partial charge on any atom is 0.241 e. The molecular weight excluding hydrogens is 308 g/mol. The van der Waals surface area contributed by atoms with Gasteiger partial charge in [-0.1, -0.05) is 6.42 Å². The van der Waals surface area contributed by atoms with Crippen molar-refractivity contribution in [3.05, 3.63) is 12.4 Å². The normalized spacial score (nSPS) is 20.3. The van der Waals surface area contributed by atoms with E-state index in [0.29, 0.717) is 18.7 Å². The van der Waals surface area contributed by atoms with Crippen LogP contribution >= 0.6 is 0 Å². The van der Waals surface area contributed by atoms with Crippen LogP contribution in [0.4, 0.5) is 5.69 Å². The quantitative estimate of drug-likeness (QED) is 0.620. The number of carbonyl (C=O) groups is 2. The van der Waals surface area contributed by atoms with Gasteiger partial charge in [0.2, 0.25) is 11.8 Å². The molecule has 0 radical (unpaired) electrons. The number of rotatable bonds is 8. The molecule has 0 aromatic carbocycles. The number of likely N-dealkylation sites (N-methyl/N-ethyl adjacent to an activating group) is 1. The second-order valence-corrected chi connectivity index (χ2v) is 6.69. The fourth-order valence-corrected chi connectivity index (χ4v) is 2.91. The molecule has 2 amide bonds. The Kier molecular flexibility index (Phi) is 6.74. The highest BCUT2D eigenvalue weighted by Gasteiger charge is 2.26. The minimum absolute atomic E-state index is 0.0488. The zero-order valence-corrected chi connectivity index (χ0v) is 14.5. The number of hydrogen-bond donors (Lipinski definition) is 3. The van der Waals surface area contributed by atoms with Gasteiger partial charge in [-0.25, -0.2) is 0 Å². The number of amides is 2. The SMILES string of the molecule is CN(C)CCNC(=O)Cn1cc(NC(=O)C[C@@H]2CCC[C@H]2N)cn1. The lowest BCUT2D eigenvalue weighted by Gasteiger charge is -2.14. The molecule has 24 heavy (non-hydrogen) atoms. The molecule has 1 fully saturated rings. The molecule has 0 unspecified atom stereocenters. The van der Waals surface area contributed by atoms with Crippen molar-refractivity contribution in [2.24, 2.45) is 11.7 Å². The van der Waals surface area contributed by atoms with Gasteiger partial charge in [-0.2, -0.15) is 5.10 Å². The Balaban J connectivity index is 1.74. The molecule has 2 atom stereocenters. The van der Waals surface area contributed by atoms with Gasteiger partial charge in [0, 0.05) is 31.7 Å². The number of nitrogens with two attached hydrogens (primary N) is 1. The lowest BCUT2D eigenvalue weighted by molar-refractivity contribution is -0.122. The van der Waals surface area contributed by atoms with Crippen molar-refractivity contribution in [1.82, 2.24) is 20.0 Å². The highest BCUT2D eigenvalue weighted by atomic mass is 16.2. The largest absolute Gasteiger partial charge is 0.353 e. The molecule has 134 valence electrons. The molecule has 1 aromatic heterocycles. The Morgan fingerprint density at radius 2 is 2.17 bits per heavy atom. The van der Waals surface area contributed by atoms with Gasteiger partial charge in [-0.05, 0) is 32.9 Å². The Morgan fingerprint density at radius 3 is 2.83 bits per heavy atom. The first-order valence-corrected chi connectivity index (χ1v) is 8.43. The molecule has 4 N–H and O–H groups in total. The molecule has 0 saturated heterocycles. The van der Waals surface area contributed by atoms with Crippen molar-refractivity contribution in [3.8, 4) is 0 Å². The highest BCUT2D eigenvalue weighted by Crippen LogP contribution is 2.27. The maximum atomic E-state index is 12.1. The van der Waals surface area contributed by atoms with E-state index < -0.39 is 0 Å². The van der Waals surface area contributed by atoms with Crippen molar-refractivity contribution in [3.63, 3.8) is 0 Å². The van der Waals surface area contributed by atoms with E-state index in [-0.39, 0.29) is 30.3 Å². The van der Waals surface area contributed by atoms with Crippen LogP contribution in [0.3, 0.4) is 0 Å². The third kappa shape index (κ3) is 5.93. The van der Waals surface area contributed by atoms with E-state index in [1.165, 1.54) is 4.68 Å². The zero-order valence-electron chi connectivity index (χ0n) is 14.5. The third-order valence-corrected chi connectivity index (χ3v) is 4.27. The van der Waals surface area contributed by atoms with Gasteiger partial charge in [0.25, 0.3) is 0 Å². The maximum absolute atomic E-state index is 12.1. The van der Waals surface area contributed by atoms with Crippen LogP contribution < -0.4 is 16.4 Å². The summed E-state index contributed by atoms with van der Waals surface area (Å²) in [6.45, 7) is 1.52. The van der Waals surface area contributed by atoms with E-state index in [1.54, 1.807) is 12.4 Å². The summed E-state index contributed by atoms with van der Waals surface area (Å²) in [6.07, 6.45) is 6.77. The van der Waals surface area contributed by atoms with Gasteiger partial charge in [-0.15, -0.1) is 0 Å². The Labute approximate surface area is 142 Å². The van der Waals surface area contributed by atoms with Crippen LogP contribution in [0.2, 0.25) is 0 Å². The van der Waals surface area contributed by atoms with Gasteiger partial charge in [0.1, 0.15) is 6.54 Å². The molecule has 8 heteroatoms. The lowest BCUT2D eigenvalue weighted by atomic mass is 10.00. The summed E-state index contributed by atoms with van der Waals surface area (Å²) in [5, 5.41) is 9.75. The van der Waals surface area contributed by atoms with Crippen molar-refractivity contribution in [2.45, 2.75) is 38.3 Å². The number of aromatic nitrogens is 2. The van der Waals surface area contributed by atoms with Crippen LogP contribution in [0.1, 0.15) is 25.7 Å². The Morgan fingerprint density at radius 1 is 1.38 bits per heavy atom. The van der Waals surface area contributed by atoms with Crippen LogP contribution in [0.25, 0.3) is 0 Å². The van der Waals surface area contributed by atoms with Crippen molar-refractivity contribution in [1.29, 1.82) is 0 Å². The second kappa shape index (κ2) is 8.79. The zero-order chi connectivity index (χ0) is 17.5. The highest BCUT2D eigenvalue weighted by molar-refractivity contribution is 5.90. The van der Waals surface area contributed by atoms with E-state index in [2.05, 4.69) is 15.7 Å². The first-order valence-electron chi connectivity index (χ1n) is 8.43. The minimum atomic E-state index is -0.102. The van der Waals surface area contributed by atoms with Gasteiger partial charge >= 0.3 is 0 Å². The summed E-state index contributed by atoms with van der Waals surface area (Å²) in [6, 6.07) is 0.129. The number of nitrogens with zero attached hydrogens (tertiary/aromatic N) is 3. The Hall–Kier alpha value is -1.93. The van der Waals surface area contributed by atoms with E-state index >= 15 is 0 Å². The minimum Gasteiger partial charge on any atom is -0.353 e. The van der Waals surface area contributed by atoms with Crippen molar-refractivity contribution < 1.29 is 9.59 Å². The molecule has 1 saturated carbocycles. The van der Waals surface area contributed by atoms with Crippen LogP contribution in [0.15, 0.2) is 12.4 Å². The van der Waals surface area contributed by atoms with Gasteiger partial charge in [0.05, 0.1) is 11.9 Å². The molecular formula is C16H28N6O2. The summed E-state index contributed by atoms with van der Waals surface area (Å²) in [7, 11) is 3.90. The summed E-state index contributed by atoms with van der Waals surface area (Å²) in [5.74, 6) is 0.115. The first-order chi connectivity index (χ1) is 11.4. The molecule has 0 aliphatic heterocycles. The van der Waals surface area contributed by atoms with Crippen LogP contribution in [-0.4, -0.2) is 59.7 Å². The molecule has 0 bridgehead atoms. The van der Waals surface area contributed by atoms with Crippen LogP contribution in [0, 0.1) is 5.92 Å². The average Bonchev–Trinajstić information content (AvgIpc) is 3.08. The molecule has 8 nitrogen and oxygen atoms in total. The van der Waals surface area contributed by atoms with Crippen LogP contribution in [0.5, 0.6) is 0 Å². The van der Waals surface area contributed by atoms with E-state index in [1.807, 2.05) is 19.0 Å². The first kappa shape index (κ1) is 18.4. The van der Waals surface area contributed by atoms with Gasteiger partial charge < -0.3 is 21.3 Å². The third-order valence-electron chi connectivity index (χ3n) is 4.27. The summed E-state index contributed by atoms with van der Waals surface area (Å²) >= 11 is 0. The predicted molar refractivity (Wildman–Crippen MR) is 92.4 cm³/mol. The number of hydrogen-bond acceptors (Lipinski definition) is 5. The molecule has 1 aromatic rings. The molecule has 1 heterocycles. The standard InChI is InChI=1S/C16H28N6O2/c1-21(2)7-6-18-16(24)11-22-10-13(9-19-22)20-15(23)8-12-4-3-5-14(12)17/h9-10,12,14H,3-8,11,17H2,1-2H3,(H,18,24)(H,20,23)/t12-,14+/m0/s1. The second-order valence-electron chi connectivity index (χ2n) is 6.69. The fraction of sp³-hybridized carbons (Fsp3) is 0.688. The number of nitrogens with one attached hydrogen (secondary N) is 2. The smallest absolute Gasteiger partial charge is 0.241 e. The van der Waals surface area contributed by atoms with Crippen molar-refractivity contribution in [2.75, 3.05) is 32.5 Å². The summed E-state index contributed by atoms with van der Waals surface area (Å²) < 4.78 is 1.52. The molecule has 1 aliphatic rings.